The Labute approximate surface area is 123 Å². The molecule has 20 heavy (non-hydrogen) atoms. The van der Waals surface area contributed by atoms with Crippen molar-refractivity contribution >= 4 is 16.5 Å². The minimum atomic E-state index is -0.857. The van der Waals surface area contributed by atoms with Crippen molar-refractivity contribution in [3.63, 3.8) is 0 Å². The maximum Gasteiger partial charge on any atom is 0.0982 e. The van der Waals surface area contributed by atoms with Crippen LogP contribution in [-0.2, 0) is 22.0 Å². The number of nitrogens with zero attached hydrogens (tertiary/aromatic N) is 1. The highest BCUT2D eigenvalue weighted by Gasteiger charge is 2.22. The lowest BCUT2D eigenvalue weighted by Crippen LogP contribution is -2.38. The van der Waals surface area contributed by atoms with Crippen LogP contribution in [0.2, 0.25) is 0 Å². The maximum atomic E-state index is 12.0. The lowest BCUT2D eigenvalue weighted by Gasteiger charge is -2.23. The van der Waals surface area contributed by atoms with Gasteiger partial charge in [0.05, 0.1) is 40.0 Å². The van der Waals surface area contributed by atoms with E-state index in [0.717, 1.165) is 49.5 Å². The topological polar surface area (TPSA) is 41.6 Å². The fraction of sp³-hybridized carbons (Fsp3) is 0.600. The van der Waals surface area contributed by atoms with Crippen LogP contribution < -0.4 is 10.2 Å². The number of rotatable bonds is 4. The zero-order chi connectivity index (χ0) is 13.9. The second-order valence-electron chi connectivity index (χ2n) is 5.56. The lowest BCUT2D eigenvalue weighted by atomic mass is 10.0. The number of morpholine rings is 1. The average Bonchev–Trinajstić information content (AvgIpc) is 2.75. The number of aryl methyl sites for hydroxylation is 1. The molecule has 2 aliphatic heterocycles. The van der Waals surface area contributed by atoms with Crippen molar-refractivity contribution in [3.8, 4) is 0 Å². The molecule has 0 aromatic heterocycles. The SMILES string of the molecule is CN1CS(=O)c2cc(CCCC3CNCCO3)ccc21. The van der Waals surface area contributed by atoms with Gasteiger partial charge in [-0.25, -0.2) is 0 Å². The third-order valence-electron chi connectivity index (χ3n) is 3.99. The first-order valence-electron chi connectivity index (χ1n) is 7.29. The molecule has 0 saturated carbocycles. The van der Waals surface area contributed by atoms with Crippen molar-refractivity contribution in [3.05, 3.63) is 23.8 Å². The largest absolute Gasteiger partial charge is 0.376 e. The summed E-state index contributed by atoms with van der Waals surface area (Å²) in [6.07, 6.45) is 3.60. The molecule has 2 unspecified atom stereocenters. The summed E-state index contributed by atoms with van der Waals surface area (Å²) >= 11 is 0. The fourth-order valence-electron chi connectivity index (χ4n) is 2.87. The Bertz CT molecular complexity index is 501. The molecule has 0 amide bonds. The number of anilines is 1. The molecule has 1 N–H and O–H groups in total. The molecule has 0 aliphatic carbocycles. The first kappa shape index (κ1) is 14.0. The summed E-state index contributed by atoms with van der Waals surface area (Å²) in [7, 11) is 1.14. The molecular formula is C15H22N2O2S. The fourth-order valence-corrected chi connectivity index (χ4v) is 4.24. The van der Waals surface area contributed by atoms with Crippen molar-refractivity contribution in [2.45, 2.75) is 30.3 Å². The number of hydrogen-bond donors (Lipinski definition) is 1. The minimum absolute atomic E-state index is 0.360. The minimum Gasteiger partial charge on any atom is -0.376 e. The van der Waals surface area contributed by atoms with Crippen LogP contribution in [0.1, 0.15) is 18.4 Å². The summed E-state index contributed by atoms with van der Waals surface area (Å²) in [4.78, 5) is 3.07. The van der Waals surface area contributed by atoms with Crippen LogP contribution in [0.4, 0.5) is 5.69 Å². The van der Waals surface area contributed by atoms with Gasteiger partial charge in [-0.3, -0.25) is 4.21 Å². The predicted octanol–water partition coefficient (Wildman–Crippen LogP) is 1.51. The second-order valence-corrected chi connectivity index (χ2v) is 6.95. The molecular weight excluding hydrogens is 272 g/mol. The highest BCUT2D eigenvalue weighted by molar-refractivity contribution is 7.85. The normalized spacial score (nSPS) is 25.8. The molecule has 2 heterocycles. The zero-order valence-corrected chi connectivity index (χ0v) is 12.7. The van der Waals surface area contributed by atoms with Crippen LogP contribution in [0.15, 0.2) is 23.1 Å². The molecule has 4 nitrogen and oxygen atoms in total. The first-order valence-corrected chi connectivity index (χ1v) is 8.61. The van der Waals surface area contributed by atoms with Crippen molar-refractivity contribution in [1.82, 2.24) is 5.32 Å². The summed E-state index contributed by atoms with van der Waals surface area (Å²) < 4.78 is 17.7. The molecule has 0 radical (unpaired) electrons. The van der Waals surface area contributed by atoms with E-state index in [-0.39, 0.29) is 0 Å². The zero-order valence-electron chi connectivity index (χ0n) is 11.9. The lowest BCUT2D eigenvalue weighted by molar-refractivity contribution is 0.0225. The van der Waals surface area contributed by atoms with E-state index in [2.05, 4.69) is 28.4 Å². The van der Waals surface area contributed by atoms with Gasteiger partial charge in [0, 0.05) is 20.1 Å². The van der Waals surface area contributed by atoms with Crippen LogP contribution in [0, 0.1) is 0 Å². The molecule has 1 aromatic carbocycles. The van der Waals surface area contributed by atoms with Crippen molar-refractivity contribution in [1.29, 1.82) is 0 Å². The number of hydrogen-bond acceptors (Lipinski definition) is 4. The molecule has 5 heteroatoms. The van der Waals surface area contributed by atoms with E-state index in [0.29, 0.717) is 12.0 Å². The Morgan fingerprint density at radius 1 is 1.50 bits per heavy atom. The van der Waals surface area contributed by atoms with Gasteiger partial charge in [0.1, 0.15) is 0 Å². The Balaban J connectivity index is 1.56. The molecule has 2 aliphatic rings. The Hall–Kier alpha value is -0.910. The molecule has 0 spiro atoms. The van der Waals surface area contributed by atoms with Crippen molar-refractivity contribution in [2.24, 2.45) is 0 Å². The van der Waals surface area contributed by atoms with Crippen LogP contribution >= 0.6 is 0 Å². The number of ether oxygens (including phenoxy) is 1. The molecule has 0 bridgehead atoms. The summed E-state index contributed by atoms with van der Waals surface area (Å²) in [6.45, 7) is 2.77. The molecule has 3 rings (SSSR count). The van der Waals surface area contributed by atoms with Gasteiger partial charge in [-0.15, -0.1) is 0 Å². The molecule has 110 valence electrons. The molecule has 1 saturated heterocycles. The Morgan fingerprint density at radius 2 is 2.40 bits per heavy atom. The Kier molecular flexibility index (Phi) is 4.38. The first-order chi connectivity index (χ1) is 9.74. The van der Waals surface area contributed by atoms with Gasteiger partial charge >= 0.3 is 0 Å². The van der Waals surface area contributed by atoms with Crippen molar-refractivity contribution in [2.75, 3.05) is 37.5 Å². The van der Waals surface area contributed by atoms with E-state index in [4.69, 9.17) is 4.74 Å². The average molecular weight is 294 g/mol. The van der Waals surface area contributed by atoms with Crippen LogP contribution in [0.3, 0.4) is 0 Å². The predicted molar refractivity (Wildman–Crippen MR) is 81.7 cm³/mol. The van der Waals surface area contributed by atoms with Gasteiger partial charge in [0.2, 0.25) is 0 Å². The third-order valence-corrected chi connectivity index (χ3v) is 5.43. The second kappa shape index (κ2) is 6.24. The summed E-state index contributed by atoms with van der Waals surface area (Å²) in [5.74, 6) is 0.625. The van der Waals surface area contributed by atoms with E-state index in [1.807, 2.05) is 7.05 Å². The number of nitrogens with one attached hydrogen (secondary N) is 1. The van der Waals surface area contributed by atoms with Gasteiger partial charge in [-0.1, -0.05) is 6.07 Å². The van der Waals surface area contributed by atoms with E-state index in [1.165, 1.54) is 5.56 Å². The van der Waals surface area contributed by atoms with Gasteiger partial charge in [0.25, 0.3) is 0 Å². The van der Waals surface area contributed by atoms with Crippen LogP contribution in [-0.4, -0.2) is 42.9 Å². The molecule has 1 fully saturated rings. The van der Waals surface area contributed by atoms with Gasteiger partial charge in [-0.05, 0) is 37.0 Å². The van der Waals surface area contributed by atoms with E-state index in [1.54, 1.807) is 0 Å². The smallest absolute Gasteiger partial charge is 0.0982 e. The van der Waals surface area contributed by atoms with Gasteiger partial charge in [0.15, 0.2) is 0 Å². The molecule has 2 atom stereocenters. The van der Waals surface area contributed by atoms with E-state index in [9.17, 15) is 4.21 Å². The highest BCUT2D eigenvalue weighted by atomic mass is 32.2. The van der Waals surface area contributed by atoms with Gasteiger partial charge < -0.3 is 15.0 Å². The van der Waals surface area contributed by atoms with Gasteiger partial charge in [-0.2, -0.15) is 0 Å². The maximum absolute atomic E-state index is 12.0. The van der Waals surface area contributed by atoms with Crippen molar-refractivity contribution < 1.29 is 8.95 Å². The van der Waals surface area contributed by atoms with E-state index < -0.39 is 10.8 Å². The molecule has 1 aromatic rings. The van der Waals surface area contributed by atoms with Crippen LogP contribution in [0.5, 0.6) is 0 Å². The standard InChI is InChI=1S/C15H22N2O2S/c1-17-11-20(18)15-9-12(5-6-14(15)17)3-2-4-13-10-16-7-8-19-13/h5-6,9,13,16H,2-4,7-8,10-11H2,1H3. The quantitative estimate of drug-likeness (QED) is 0.914. The monoisotopic (exact) mass is 294 g/mol. The third kappa shape index (κ3) is 3.05. The number of fused-ring (bicyclic) bond motifs is 1. The Morgan fingerprint density at radius 3 is 3.20 bits per heavy atom. The summed E-state index contributed by atoms with van der Waals surface area (Å²) in [5, 5.41) is 3.36. The summed E-state index contributed by atoms with van der Waals surface area (Å²) in [5.41, 5.74) is 2.41. The number of benzene rings is 1. The van der Waals surface area contributed by atoms with E-state index >= 15 is 0 Å². The van der Waals surface area contributed by atoms with Crippen LogP contribution in [0.25, 0.3) is 0 Å². The highest BCUT2D eigenvalue weighted by Crippen LogP contribution is 2.31. The summed E-state index contributed by atoms with van der Waals surface area (Å²) in [6, 6.07) is 6.39.